The van der Waals surface area contributed by atoms with Crippen LogP contribution < -0.4 is 0 Å². The second kappa shape index (κ2) is 5.18. The first-order valence-corrected chi connectivity index (χ1v) is 3.97. The van der Waals surface area contributed by atoms with Crippen LogP contribution in [0.5, 0.6) is 0 Å². The molecule has 0 aliphatic carbocycles. The summed E-state index contributed by atoms with van der Waals surface area (Å²) in [6.45, 7) is 4.28. The van der Waals surface area contributed by atoms with Gasteiger partial charge in [0.2, 0.25) is 0 Å². The summed E-state index contributed by atoms with van der Waals surface area (Å²) in [5.41, 5.74) is 0. The SMILES string of the molecule is CCC(C)C#CCBr. The summed E-state index contributed by atoms with van der Waals surface area (Å²) in [7, 11) is 0. The molecule has 0 amide bonds. The Balaban J connectivity index is 3.35. The Bertz CT molecular complexity index is 96.7. The van der Waals surface area contributed by atoms with Crippen molar-refractivity contribution in [2.45, 2.75) is 20.3 Å². The smallest absolute Gasteiger partial charge is 0.0645 e. The minimum absolute atomic E-state index is 0.563. The Morgan fingerprint density at radius 3 is 2.62 bits per heavy atom. The van der Waals surface area contributed by atoms with Gasteiger partial charge in [-0.1, -0.05) is 41.6 Å². The van der Waals surface area contributed by atoms with E-state index in [9.17, 15) is 0 Å². The maximum Gasteiger partial charge on any atom is 0.0645 e. The van der Waals surface area contributed by atoms with Crippen molar-refractivity contribution in [2.24, 2.45) is 5.92 Å². The standard InChI is InChI=1S/C7H11Br/c1-3-7(2)5-4-6-8/h7H,3,6H2,1-2H3. The third-order valence-corrected chi connectivity index (χ3v) is 1.31. The summed E-state index contributed by atoms with van der Waals surface area (Å²) in [5, 5.41) is 0.803. The van der Waals surface area contributed by atoms with Gasteiger partial charge in [0, 0.05) is 5.92 Å². The lowest BCUT2D eigenvalue weighted by atomic mass is 10.1. The highest BCUT2D eigenvalue weighted by molar-refractivity contribution is 9.09. The van der Waals surface area contributed by atoms with E-state index in [1.807, 2.05) is 0 Å². The highest BCUT2D eigenvalue weighted by atomic mass is 79.9. The minimum Gasteiger partial charge on any atom is -0.0993 e. The van der Waals surface area contributed by atoms with E-state index in [0.717, 1.165) is 11.8 Å². The van der Waals surface area contributed by atoms with E-state index in [-0.39, 0.29) is 0 Å². The molecule has 0 aromatic carbocycles. The largest absolute Gasteiger partial charge is 0.0993 e. The summed E-state index contributed by atoms with van der Waals surface area (Å²) in [5.74, 6) is 6.61. The van der Waals surface area contributed by atoms with Crippen LogP contribution in [-0.4, -0.2) is 5.33 Å². The Kier molecular flexibility index (Phi) is 5.21. The predicted octanol–water partition coefficient (Wildman–Crippen LogP) is 2.43. The summed E-state index contributed by atoms with van der Waals surface area (Å²) in [4.78, 5) is 0. The van der Waals surface area contributed by atoms with E-state index in [0.29, 0.717) is 5.92 Å². The molecule has 46 valence electrons. The first-order chi connectivity index (χ1) is 3.81. The molecule has 0 aromatic heterocycles. The number of rotatable bonds is 1. The second-order valence-corrected chi connectivity index (χ2v) is 2.32. The first kappa shape index (κ1) is 8.04. The van der Waals surface area contributed by atoms with Crippen molar-refractivity contribution >= 4 is 15.9 Å². The molecule has 0 aromatic rings. The molecular weight excluding hydrogens is 164 g/mol. The summed E-state index contributed by atoms with van der Waals surface area (Å²) in [6.07, 6.45) is 1.15. The average molecular weight is 175 g/mol. The highest BCUT2D eigenvalue weighted by Gasteiger charge is 1.86. The van der Waals surface area contributed by atoms with Crippen molar-refractivity contribution in [3.05, 3.63) is 0 Å². The van der Waals surface area contributed by atoms with Crippen molar-refractivity contribution in [2.75, 3.05) is 5.33 Å². The molecule has 8 heavy (non-hydrogen) atoms. The molecule has 0 N–H and O–H groups in total. The van der Waals surface area contributed by atoms with Crippen LogP contribution in [0.4, 0.5) is 0 Å². The van der Waals surface area contributed by atoms with Crippen LogP contribution in [0.15, 0.2) is 0 Å². The maximum absolute atomic E-state index is 3.23. The molecule has 1 unspecified atom stereocenters. The van der Waals surface area contributed by atoms with Crippen LogP contribution in [0.25, 0.3) is 0 Å². The van der Waals surface area contributed by atoms with E-state index < -0.39 is 0 Å². The first-order valence-electron chi connectivity index (χ1n) is 2.85. The molecule has 0 saturated heterocycles. The van der Waals surface area contributed by atoms with E-state index in [1.54, 1.807) is 0 Å². The van der Waals surface area contributed by atoms with E-state index in [2.05, 4.69) is 41.6 Å². The summed E-state index contributed by atoms with van der Waals surface area (Å²) in [6, 6.07) is 0. The molecule has 0 aliphatic heterocycles. The van der Waals surface area contributed by atoms with Gasteiger partial charge in [-0.2, -0.15) is 0 Å². The molecule has 0 nitrogen and oxygen atoms in total. The van der Waals surface area contributed by atoms with Crippen LogP contribution >= 0.6 is 15.9 Å². The molecule has 0 bridgehead atoms. The van der Waals surface area contributed by atoms with Crippen LogP contribution in [0.3, 0.4) is 0 Å². The normalized spacial score (nSPS) is 11.9. The zero-order chi connectivity index (χ0) is 6.41. The number of hydrogen-bond donors (Lipinski definition) is 0. The van der Waals surface area contributed by atoms with E-state index in [4.69, 9.17) is 0 Å². The van der Waals surface area contributed by atoms with Crippen LogP contribution in [0.2, 0.25) is 0 Å². The van der Waals surface area contributed by atoms with Crippen molar-refractivity contribution in [3.63, 3.8) is 0 Å². The van der Waals surface area contributed by atoms with E-state index in [1.165, 1.54) is 0 Å². The molecule has 0 radical (unpaired) electrons. The Hall–Kier alpha value is 0.0400. The van der Waals surface area contributed by atoms with Gasteiger partial charge in [-0.05, 0) is 6.42 Å². The summed E-state index contributed by atoms with van der Waals surface area (Å²) >= 11 is 3.23. The second-order valence-electron chi connectivity index (χ2n) is 1.76. The lowest BCUT2D eigenvalue weighted by molar-refractivity contribution is 0.723. The van der Waals surface area contributed by atoms with Gasteiger partial charge >= 0.3 is 0 Å². The van der Waals surface area contributed by atoms with Crippen LogP contribution in [0.1, 0.15) is 20.3 Å². The fourth-order valence-electron chi connectivity index (χ4n) is 0.315. The third kappa shape index (κ3) is 4.21. The van der Waals surface area contributed by atoms with Crippen LogP contribution in [0, 0.1) is 17.8 Å². The molecule has 0 heterocycles. The molecule has 0 rings (SSSR count). The van der Waals surface area contributed by atoms with E-state index >= 15 is 0 Å². The lowest BCUT2D eigenvalue weighted by Gasteiger charge is -1.92. The quantitative estimate of drug-likeness (QED) is 0.424. The molecule has 1 heteroatoms. The zero-order valence-corrected chi connectivity index (χ0v) is 6.96. The topological polar surface area (TPSA) is 0 Å². The van der Waals surface area contributed by atoms with Gasteiger partial charge in [0.05, 0.1) is 5.33 Å². The monoisotopic (exact) mass is 174 g/mol. The Labute approximate surface area is 59.8 Å². The van der Waals surface area contributed by atoms with Gasteiger partial charge in [-0.3, -0.25) is 0 Å². The minimum atomic E-state index is 0.563. The van der Waals surface area contributed by atoms with Crippen molar-refractivity contribution < 1.29 is 0 Å². The van der Waals surface area contributed by atoms with Gasteiger partial charge < -0.3 is 0 Å². The fraction of sp³-hybridized carbons (Fsp3) is 0.714. The number of alkyl halides is 1. The van der Waals surface area contributed by atoms with Gasteiger partial charge in [0.25, 0.3) is 0 Å². The number of halogens is 1. The molecule has 0 spiro atoms. The molecular formula is C7H11Br. The Morgan fingerprint density at radius 1 is 1.62 bits per heavy atom. The molecule has 0 aliphatic rings. The summed E-state index contributed by atoms with van der Waals surface area (Å²) < 4.78 is 0. The van der Waals surface area contributed by atoms with Crippen molar-refractivity contribution in [1.82, 2.24) is 0 Å². The van der Waals surface area contributed by atoms with Gasteiger partial charge in [0.1, 0.15) is 0 Å². The Morgan fingerprint density at radius 2 is 2.25 bits per heavy atom. The van der Waals surface area contributed by atoms with Gasteiger partial charge in [0.15, 0.2) is 0 Å². The van der Waals surface area contributed by atoms with Crippen LogP contribution in [-0.2, 0) is 0 Å². The maximum atomic E-state index is 3.23. The van der Waals surface area contributed by atoms with Crippen molar-refractivity contribution in [1.29, 1.82) is 0 Å². The predicted molar refractivity (Wildman–Crippen MR) is 41.0 cm³/mol. The zero-order valence-electron chi connectivity index (χ0n) is 5.37. The third-order valence-electron chi connectivity index (χ3n) is 1.03. The molecule has 1 atom stereocenters. The molecule has 0 saturated carbocycles. The molecule has 0 fully saturated rings. The lowest BCUT2D eigenvalue weighted by Crippen LogP contribution is -1.84. The fourth-order valence-corrected chi connectivity index (χ4v) is 0.477. The average Bonchev–Trinajstić information content (AvgIpc) is 1.83. The van der Waals surface area contributed by atoms with Gasteiger partial charge in [-0.25, -0.2) is 0 Å². The number of hydrogen-bond acceptors (Lipinski definition) is 0. The van der Waals surface area contributed by atoms with Crippen molar-refractivity contribution in [3.8, 4) is 11.8 Å². The highest BCUT2D eigenvalue weighted by Crippen LogP contribution is 1.96. The van der Waals surface area contributed by atoms with Gasteiger partial charge in [-0.15, -0.1) is 0 Å².